The van der Waals surface area contributed by atoms with Crippen molar-refractivity contribution in [1.29, 1.82) is 0 Å². The monoisotopic (exact) mass is 308 g/mol. The molecule has 0 spiro atoms. The van der Waals surface area contributed by atoms with Gasteiger partial charge >= 0.3 is 0 Å². The van der Waals surface area contributed by atoms with E-state index in [9.17, 15) is 0 Å². The Morgan fingerprint density at radius 1 is 0.810 bits per heavy atom. The molecule has 1 saturated carbocycles. The predicted octanol–water partition coefficient (Wildman–Crippen LogP) is 6.46. The molecular formula is C19H36OSi. The summed E-state index contributed by atoms with van der Waals surface area (Å²) in [6, 6.07) is 0. The van der Waals surface area contributed by atoms with Crippen molar-refractivity contribution >= 4 is 8.32 Å². The van der Waals surface area contributed by atoms with Gasteiger partial charge in [0, 0.05) is 0 Å². The summed E-state index contributed by atoms with van der Waals surface area (Å²) in [4.78, 5) is 0. The molecule has 2 rings (SSSR count). The lowest BCUT2D eigenvalue weighted by atomic mass is 9.78. The largest absolute Gasteiger partial charge is 0.411 e. The predicted molar refractivity (Wildman–Crippen MR) is 95.2 cm³/mol. The molecule has 122 valence electrons. The van der Waals surface area contributed by atoms with E-state index in [0.717, 1.165) is 6.42 Å². The molecule has 0 bridgehead atoms. The van der Waals surface area contributed by atoms with Crippen LogP contribution in [-0.2, 0) is 4.43 Å². The van der Waals surface area contributed by atoms with E-state index in [2.05, 4.69) is 38.7 Å². The van der Waals surface area contributed by atoms with Crippen LogP contribution in [-0.4, -0.2) is 13.9 Å². The molecule has 0 aromatic carbocycles. The summed E-state index contributed by atoms with van der Waals surface area (Å²) in [5.74, 6) is 0. The van der Waals surface area contributed by atoms with Gasteiger partial charge in [-0.25, -0.2) is 0 Å². The molecule has 1 fully saturated rings. The van der Waals surface area contributed by atoms with Crippen LogP contribution >= 0.6 is 0 Å². The van der Waals surface area contributed by atoms with Gasteiger partial charge in [0.15, 0.2) is 8.32 Å². The second-order valence-electron chi connectivity index (χ2n) is 8.60. The first kappa shape index (κ1) is 17.3. The minimum absolute atomic E-state index is 0.132. The van der Waals surface area contributed by atoms with Crippen LogP contribution in [0.3, 0.4) is 0 Å². The number of hydrogen-bond donors (Lipinski definition) is 0. The van der Waals surface area contributed by atoms with Crippen molar-refractivity contribution in [2.24, 2.45) is 5.41 Å². The lowest BCUT2D eigenvalue weighted by Crippen LogP contribution is -2.48. The Hall–Kier alpha value is -0.0831. The highest BCUT2D eigenvalue weighted by Gasteiger charge is 2.56. The zero-order chi connectivity index (χ0) is 15.4. The summed E-state index contributed by atoms with van der Waals surface area (Å²) in [6.45, 7) is 9.56. The fraction of sp³-hybridized carbons (Fsp3) is 0.895. The summed E-state index contributed by atoms with van der Waals surface area (Å²) in [5.41, 5.74) is 0.578. The first-order valence-corrected chi connectivity index (χ1v) is 12.6. The molecule has 1 unspecified atom stereocenters. The summed E-state index contributed by atoms with van der Waals surface area (Å²) in [6.07, 6.45) is 19.7. The Morgan fingerprint density at radius 3 is 2.05 bits per heavy atom. The molecule has 2 aliphatic carbocycles. The van der Waals surface area contributed by atoms with Crippen LogP contribution in [0, 0.1) is 5.41 Å². The van der Waals surface area contributed by atoms with E-state index in [0.29, 0.717) is 5.41 Å². The van der Waals surface area contributed by atoms with Crippen LogP contribution < -0.4 is 0 Å². The third-order valence-corrected chi connectivity index (χ3v) is 6.42. The van der Waals surface area contributed by atoms with Crippen LogP contribution in [0.15, 0.2) is 12.2 Å². The quantitative estimate of drug-likeness (QED) is 0.429. The molecule has 0 radical (unpaired) electrons. The molecule has 0 amide bonds. The first-order valence-electron chi connectivity index (χ1n) is 9.22. The van der Waals surface area contributed by atoms with Crippen molar-refractivity contribution in [3.63, 3.8) is 0 Å². The molecule has 0 heterocycles. The van der Waals surface area contributed by atoms with E-state index < -0.39 is 8.32 Å². The molecule has 1 atom stereocenters. The zero-order valence-electron chi connectivity index (χ0n) is 14.8. The van der Waals surface area contributed by atoms with Gasteiger partial charge in [-0.3, -0.25) is 0 Å². The van der Waals surface area contributed by atoms with Gasteiger partial charge in [-0.1, -0.05) is 51.2 Å². The van der Waals surface area contributed by atoms with Crippen molar-refractivity contribution < 1.29 is 4.43 Å². The summed E-state index contributed by atoms with van der Waals surface area (Å²) < 4.78 is 6.88. The van der Waals surface area contributed by atoms with Gasteiger partial charge in [0.1, 0.15) is 0 Å². The van der Waals surface area contributed by atoms with Crippen molar-refractivity contribution in [1.82, 2.24) is 0 Å². The lowest BCUT2D eigenvalue weighted by Gasteiger charge is -2.44. The van der Waals surface area contributed by atoms with Crippen LogP contribution in [0.2, 0.25) is 19.6 Å². The number of allylic oxidation sites excluding steroid dienone is 1. The van der Waals surface area contributed by atoms with Crippen molar-refractivity contribution in [2.75, 3.05) is 0 Å². The van der Waals surface area contributed by atoms with Crippen LogP contribution in [0.1, 0.15) is 77.6 Å². The molecule has 21 heavy (non-hydrogen) atoms. The Bertz CT molecular complexity index is 351. The summed E-state index contributed by atoms with van der Waals surface area (Å²) >= 11 is 0. The van der Waals surface area contributed by atoms with Crippen LogP contribution in [0.25, 0.3) is 0 Å². The second-order valence-corrected chi connectivity index (χ2v) is 13.0. The summed E-state index contributed by atoms with van der Waals surface area (Å²) in [7, 11) is -1.51. The van der Waals surface area contributed by atoms with Crippen molar-refractivity contribution in [2.45, 2.75) is 103 Å². The minimum atomic E-state index is -1.51. The maximum Gasteiger partial charge on any atom is 0.184 e. The Morgan fingerprint density at radius 2 is 1.43 bits per heavy atom. The SMILES string of the molecule is CC1(C2(O[Si](C)(C)C)C/C=C/CCCCCCCC2)CC1. The molecule has 1 nitrogen and oxygen atoms in total. The second kappa shape index (κ2) is 7.00. The van der Waals surface area contributed by atoms with Gasteiger partial charge in [-0.2, -0.15) is 0 Å². The maximum absolute atomic E-state index is 6.88. The lowest BCUT2D eigenvalue weighted by molar-refractivity contribution is -0.0144. The Balaban J connectivity index is 2.15. The highest BCUT2D eigenvalue weighted by Crippen LogP contribution is 2.59. The van der Waals surface area contributed by atoms with E-state index >= 15 is 0 Å². The van der Waals surface area contributed by atoms with Crippen molar-refractivity contribution in [3.8, 4) is 0 Å². The smallest absolute Gasteiger partial charge is 0.184 e. The van der Waals surface area contributed by atoms with Gasteiger partial charge in [-0.05, 0) is 63.6 Å². The van der Waals surface area contributed by atoms with E-state index in [-0.39, 0.29) is 5.60 Å². The topological polar surface area (TPSA) is 9.23 Å². The average Bonchev–Trinajstić information content (AvgIpc) is 3.11. The molecule has 0 aromatic heterocycles. The van der Waals surface area contributed by atoms with E-state index in [1.54, 1.807) is 0 Å². The Kier molecular flexibility index (Phi) is 5.75. The van der Waals surface area contributed by atoms with Gasteiger partial charge in [0.2, 0.25) is 0 Å². The highest BCUT2D eigenvalue weighted by atomic mass is 28.4. The van der Waals surface area contributed by atoms with Gasteiger partial charge in [0.25, 0.3) is 0 Å². The number of hydrogen-bond acceptors (Lipinski definition) is 1. The zero-order valence-corrected chi connectivity index (χ0v) is 15.8. The van der Waals surface area contributed by atoms with E-state index in [1.165, 1.54) is 64.2 Å². The maximum atomic E-state index is 6.88. The molecule has 2 aliphatic rings. The standard InChI is InChI=1S/C19H36OSi/c1-18(16-17-18)19(20-21(2,3)4)14-12-10-8-6-5-7-9-11-13-15-19/h10,12H,5-9,11,13-17H2,1-4H3/b12-10+. The first-order chi connectivity index (χ1) is 9.87. The minimum Gasteiger partial charge on any atom is -0.411 e. The van der Waals surface area contributed by atoms with Crippen LogP contribution in [0.5, 0.6) is 0 Å². The summed E-state index contributed by atoms with van der Waals surface area (Å²) in [5, 5.41) is 0. The Labute approximate surface area is 133 Å². The van der Waals surface area contributed by atoms with E-state index in [1.807, 2.05) is 0 Å². The van der Waals surface area contributed by atoms with E-state index in [4.69, 9.17) is 4.43 Å². The third-order valence-electron chi connectivity index (χ3n) is 5.42. The third kappa shape index (κ3) is 4.96. The molecule has 0 N–H and O–H groups in total. The van der Waals surface area contributed by atoms with Crippen LogP contribution in [0.4, 0.5) is 0 Å². The number of rotatable bonds is 3. The fourth-order valence-corrected chi connectivity index (χ4v) is 5.47. The fourth-order valence-electron chi connectivity index (χ4n) is 3.87. The van der Waals surface area contributed by atoms with Gasteiger partial charge in [-0.15, -0.1) is 0 Å². The molecule has 0 aliphatic heterocycles. The molecule has 0 saturated heterocycles. The molecule has 0 aromatic rings. The molecule has 2 heteroatoms. The van der Waals surface area contributed by atoms with Gasteiger partial charge in [0.05, 0.1) is 5.60 Å². The highest BCUT2D eigenvalue weighted by molar-refractivity contribution is 6.69. The average molecular weight is 309 g/mol. The normalized spacial score (nSPS) is 32.8. The van der Waals surface area contributed by atoms with Crippen molar-refractivity contribution in [3.05, 3.63) is 12.2 Å². The van der Waals surface area contributed by atoms with Gasteiger partial charge < -0.3 is 4.43 Å². The molecular weight excluding hydrogens is 272 g/mol.